The standard InChI is InChI=1S/C15H17N3S2/c1-20-13-7-4-6-12(14(13)15(16)19)18-10-8-11-5-2-3-9-17-11/h2-7,9,18H,8,10H2,1H3,(H2,16,19). The van der Waals surface area contributed by atoms with Gasteiger partial charge in [-0.15, -0.1) is 11.8 Å². The first kappa shape index (κ1) is 14.8. The van der Waals surface area contributed by atoms with Crippen molar-refractivity contribution in [2.45, 2.75) is 11.3 Å². The number of nitrogens with one attached hydrogen (secondary N) is 1. The molecule has 0 saturated carbocycles. The number of benzene rings is 1. The van der Waals surface area contributed by atoms with E-state index in [9.17, 15) is 0 Å². The molecule has 2 aromatic rings. The summed E-state index contributed by atoms with van der Waals surface area (Å²) in [5, 5.41) is 3.40. The first-order chi connectivity index (χ1) is 9.72. The topological polar surface area (TPSA) is 50.9 Å². The molecule has 0 amide bonds. The molecule has 0 atom stereocenters. The molecule has 0 fully saturated rings. The smallest absolute Gasteiger partial charge is 0.107 e. The molecule has 5 heteroatoms. The monoisotopic (exact) mass is 303 g/mol. The van der Waals surface area contributed by atoms with Crippen LogP contribution in [-0.4, -0.2) is 22.8 Å². The van der Waals surface area contributed by atoms with Crippen molar-refractivity contribution < 1.29 is 0 Å². The molecule has 1 aromatic carbocycles. The van der Waals surface area contributed by atoms with Crippen LogP contribution in [0.1, 0.15) is 11.3 Å². The maximum absolute atomic E-state index is 5.84. The fraction of sp³-hybridized carbons (Fsp3) is 0.200. The summed E-state index contributed by atoms with van der Waals surface area (Å²) >= 11 is 6.81. The summed E-state index contributed by atoms with van der Waals surface area (Å²) in [6.07, 6.45) is 4.69. The fourth-order valence-electron chi connectivity index (χ4n) is 1.97. The van der Waals surface area contributed by atoms with Crippen molar-refractivity contribution in [3.05, 3.63) is 53.9 Å². The summed E-state index contributed by atoms with van der Waals surface area (Å²) in [6, 6.07) is 12.0. The maximum Gasteiger partial charge on any atom is 0.107 e. The van der Waals surface area contributed by atoms with Crippen molar-refractivity contribution in [2.24, 2.45) is 5.73 Å². The van der Waals surface area contributed by atoms with Crippen LogP contribution in [0.3, 0.4) is 0 Å². The van der Waals surface area contributed by atoms with Crippen LogP contribution in [0.2, 0.25) is 0 Å². The van der Waals surface area contributed by atoms with Gasteiger partial charge in [0.1, 0.15) is 4.99 Å². The van der Waals surface area contributed by atoms with Crippen LogP contribution in [0.4, 0.5) is 5.69 Å². The van der Waals surface area contributed by atoms with Gasteiger partial charge in [-0.05, 0) is 30.5 Å². The van der Waals surface area contributed by atoms with Crippen LogP contribution >= 0.6 is 24.0 Å². The molecule has 1 aromatic heterocycles. The maximum atomic E-state index is 5.84. The summed E-state index contributed by atoms with van der Waals surface area (Å²) in [4.78, 5) is 5.83. The van der Waals surface area contributed by atoms with Crippen molar-refractivity contribution >= 4 is 34.7 Å². The summed E-state index contributed by atoms with van der Waals surface area (Å²) in [5.74, 6) is 0. The Labute approximate surface area is 129 Å². The third-order valence-electron chi connectivity index (χ3n) is 2.92. The number of hydrogen-bond donors (Lipinski definition) is 2. The molecule has 1 heterocycles. The lowest BCUT2D eigenvalue weighted by Gasteiger charge is -2.14. The molecule has 3 nitrogen and oxygen atoms in total. The molecular weight excluding hydrogens is 286 g/mol. The Morgan fingerprint density at radius 2 is 2.15 bits per heavy atom. The number of rotatable bonds is 6. The molecule has 104 valence electrons. The molecule has 0 unspecified atom stereocenters. The molecule has 0 radical (unpaired) electrons. The van der Waals surface area contributed by atoms with Crippen molar-refractivity contribution in [1.82, 2.24) is 4.98 Å². The second-order valence-electron chi connectivity index (χ2n) is 4.24. The van der Waals surface area contributed by atoms with Crippen molar-refractivity contribution in [3.63, 3.8) is 0 Å². The molecule has 0 spiro atoms. The number of aromatic nitrogens is 1. The minimum Gasteiger partial charge on any atom is -0.389 e. The highest BCUT2D eigenvalue weighted by Gasteiger charge is 2.10. The van der Waals surface area contributed by atoms with Gasteiger partial charge in [0, 0.05) is 41.0 Å². The van der Waals surface area contributed by atoms with Crippen LogP contribution in [0.25, 0.3) is 0 Å². The second kappa shape index (κ2) is 7.26. The minimum atomic E-state index is 0.426. The largest absolute Gasteiger partial charge is 0.389 e. The molecule has 3 N–H and O–H groups in total. The van der Waals surface area contributed by atoms with E-state index >= 15 is 0 Å². The SMILES string of the molecule is CSc1cccc(NCCc2ccccn2)c1C(N)=S. The summed E-state index contributed by atoms with van der Waals surface area (Å²) in [5.41, 5.74) is 8.82. The van der Waals surface area contributed by atoms with Gasteiger partial charge in [0.05, 0.1) is 0 Å². The normalized spacial score (nSPS) is 10.2. The summed E-state index contributed by atoms with van der Waals surface area (Å²) in [6.45, 7) is 0.796. The lowest BCUT2D eigenvalue weighted by atomic mass is 10.1. The molecule has 0 bridgehead atoms. The summed E-state index contributed by atoms with van der Waals surface area (Å²) < 4.78 is 0. The van der Waals surface area contributed by atoms with Gasteiger partial charge in [0.25, 0.3) is 0 Å². The zero-order chi connectivity index (χ0) is 14.4. The van der Waals surface area contributed by atoms with E-state index in [0.29, 0.717) is 4.99 Å². The molecule has 0 aliphatic heterocycles. The van der Waals surface area contributed by atoms with E-state index in [1.165, 1.54) is 0 Å². The third-order valence-corrected chi connectivity index (χ3v) is 3.90. The lowest BCUT2D eigenvalue weighted by molar-refractivity contribution is 0.960. The van der Waals surface area contributed by atoms with E-state index in [2.05, 4.69) is 10.3 Å². The van der Waals surface area contributed by atoms with E-state index in [-0.39, 0.29) is 0 Å². The van der Waals surface area contributed by atoms with E-state index in [0.717, 1.165) is 34.8 Å². The third kappa shape index (κ3) is 3.71. The molecule has 0 aliphatic carbocycles. The Morgan fingerprint density at radius 1 is 1.30 bits per heavy atom. The number of nitrogens with two attached hydrogens (primary N) is 1. The van der Waals surface area contributed by atoms with Crippen molar-refractivity contribution in [3.8, 4) is 0 Å². The first-order valence-electron chi connectivity index (χ1n) is 6.33. The Hall–Kier alpha value is -1.59. The average Bonchev–Trinajstić information content (AvgIpc) is 2.47. The zero-order valence-corrected chi connectivity index (χ0v) is 12.9. The predicted molar refractivity (Wildman–Crippen MR) is 90.5 cm³/mol. The highest BCUT2D eigenvalue weighted by atomic mass is 32.2. The summed E-state index contributed by atoms with van der Waals surface area (Å²) in [7, 11) is 0. The number of nitrogens with zero attached hydrogens (tertiary/aromatic N) is 1. The Bertz CT molecular complexity index is 585. The first-order valence-corrected chi connectivity index (χ1v) is 7.96. The van der Waals surface area contributed by atoms with Crippen LogP contribution in [0.5, 0.6) is 0 Å². The van der Waals surface area contributed by atoms with Crippen LogP contribution in [0.15, 0.2) is 47.5 Å². The zero-order valence-electron chi connectivity index (χ0n) is 11.3. The fourth-order valence-corrected chi connectivity index (χ4v) is 2.90. The molecule has 0 aliphatic rings. The molecule has 0 saturated heterocycles. The van der Waals surface area contributed by atoms with Crippen molar-refractivity contribution in [2.75, 3.05) is 18.1 Å². The van der Waals surface area contributed by atoms with Crippen molar-refractivity contribution in [1.29, 1.82) is 0 Å². The van der Waals surface area contributed by atoms with E-state index in [1.54, 1.807) is 11.8 Å². The Morgan fingerprint density at radius 3 is 2.80 bits per heavy atom. The molecule has 20 heavy (non-hydrogen) atoms. The van der Waals surface area contributed by atoms with Gasteiger partial charge in [-0.1, -0.05) is 24.4 Å². The second-order valence-corrected chi connectivity index (χ2v) is 5.53. The Kier molecular flexibility index (Phi) is 5.38. The van der Waals surface area contributed by atoms with Gasteiger partial charge < -0.3 is 11.1 Å². The highest BCUT2D eigenvalue weighted by Crippen LogP contribution is 2.27. The highest BCUT2D eigenvalue weighted by molar-refractivity contribution is 7.98. The lowest BCUT2D eigenvalue weighted by Crippen LogP contribution is -2.15. The van der Waals surface area contributed by atoms with Crippen LogP contribution < -0.4 is 11.1 Å². The van der Waals surface area contributed by atoms with Gasteiger partial charge in [0.15, 0.2) is 0 Å². The quantitative estimate of drug-likeness (QED) is 0.634. The van der Waals surface area contributed by atoms with Gasteiger partial charge in [-0.25, -0.2) is 0 Å². The number of thioether (sulfide) groups is 1. The van der Waals surface area contributed by atoms with E-state index in [4.69, 9.17) is 18.0 Å². The van der Waals surface area contributed by atoms with Gasteiger partial charge in [-0.3, -0.25) is 4.98 Å². The number of thiocarbonyl (C=S) groups is 1. The number of hydrogen-bond acceptors (Lipinski definition) is 4. The van der Waals surface area contributed by atoms with Crippen LogP contribution in [-0.2, 0) is 6.42 Å². The number of pyridine rings is 1. The van der Waals surface area contributed by atoms with E-state index in [1.807, 2.05) is 48.9 Å². The van der Waals surface area contributed by atoms with Crippen LogP contribution in [0, 0.1) is 0 Å². The predicted octanol–water partition coefficient (Wildman–Crippen LogP) is 3.09. The Balaban J connectivity index is 2.08. The number of anilines is 1. The van der Waals surface area contributed by atoms with E-state index < -0.39 is 0 Å². The minimum absolute atomic E-state index is 0.426. The molecule has 2 rings (SSSR count). The molecular formula is C15H17N3S2. The van der Waals surface area contributed by atoms with Gasteiger partial charge in [0.2, 0.25) is 0 Å². The average molecular weight is 303 g/mol. The van der Waals surface area contributed by atoms with Gasteiger partial charge in [-0.2, -0.15) is 0 Å². The van der Waals surface area contributed by atoms with Gasteiger partial charge >= 0.3 is 0 Å².